The minimum absolute atomic E-state index is 0.0674. The summed E-state index contributed by atoms with van der Waals surface area (Å²) in [6.07, 6.45) is 1.59. The molecule has 0 saturated carbocycles. The van der Waals surface area contributed by atoms with Crippen LogP contribution >= 0.6 is 0 Å². The third-order valence-corrected chi connectivity index (χ3v) is 4.43. The Morgan fingerprint density at radius 2 is 1.82 bits per heavy atom. The van der Waals surface area contributed by atoms with E-state index in [0.717, 1.165) is 17.0 Å². The normalized spacial score (nSPS) is 12.3. The Hall–Kier alpha value is -3.54. The zero-order valence-electron chi connectivity index (χ0n) is 15.6. The average Bonchev–Trinajstić information content (AvgIpc) is 2.74. The number of nitrogens with one attached hydrogen (secondary N) is 1. The van der Waals surface area contributed by atoms with Gasteiger partial charge in [0.15, 0.2) is 11.5 Å². The number of anilines is 2. The Balaban J connectivity index is 1.41. The van der Waals surface area contributed by atoms with Crippen LogP contribution in [-0.2, 0) is 6.54 Å². The highest BCUT2D eigenvalue weighted by molar-refractivity contribution is 5.94. The quantitative estimate of drug-likeness (QED) is 0.733. The first-order chi connectivity index (χ1) is 13.7. The number of rotatable bonds is 5. The van der Waals surface area contributed by atoms with E-state index in [-0.39, 0.29) is 5.91 Å². The van der Waals surface area contributed by atoms with Gasteiger partial charge in [-0.3, -0.25) is 4.79 Å². The highest BCUT2D eigenvalue weighted by atomic mass is 16.6. The number of carbonyl (C=O) groups excluding carboxylic acids is 1. The second kappa shape index (κ2) is 8.00. The van der Waals surface area contributed by atoms with E-state index in [1.54, 1.807) is 30.3 Å². The average molecular weight is 375 g/mol. The van der Waals surface area contributed by atoms with Crippen LogP contribution in [0.4, 0.5) is 11.5 Å². The van der Waals surface area contributed by atoms with Crippen LogP contribution in [0.5, 0.6) is 11.5 Å². The number of carbonyl (C=O) groups is 1. The molecule has 1 aromatic heterocycles. The molecule has 1 amide bonds. The van der Waals surface area contributed by atoms with Crippen LogP contribution < -0.4 is 14.8 Å². The Bertz CT molecular complexity index is 959. The number of ether oxygens (including phenoxy) is 2. The lowest BCUT2D eigenvalue weighted by Gasteiger charge is -2.19. The molecule has 2 heterocycles. The van der Waals surface area contributed by atoms with Crippen molar-refractivity contribution in [3.05, 3.63) is 78.0 Å². The van der Waals surface area contributed by atoms with Crippen LogP contribution in [0.2, 0.25) is 0 Å². The zero-order valence-corrected chi connectivity index (χ0v) is 15.6. The number of fused-ring (bicyclic) bond motifs is 1. The molecule has 1 aliphatic rings. The molecule has 1 N–H and O–H groups in total. The summed E-state index contributed by atoms with van der Waals surface area (Å²) in [6, 6.07) is 19.1. The van der Waals surface area contributed by atoms with Gasteiger partial charge < -0.3 is 19.7 Å². The van der Waals surface area contributed by atoms with Crippen molar-refractivity contribution >= 4 is 17.4 Å². The van der Waals surface area contributed by atoms with E-state index < -0.39 is 0 Å². The fourth-order valence-electron chi connectivity index (χ4n) is 3.01. The lowest BCUT2D eigenvalue weighted by Crippen LogP contribution is -2.26. The topological polar surface area (TPSA) is 63.7 Å². The van der Waals surface area contributed by atoms with E-state index in [9.17, 15) is 4.79 Å². The van der Waals surface area contributed by atoms with E-state index in [0.29, 0.717) is 36.9 Å². The van der Waals surface area contributed by atoms with Crippen LogP contribution in [0.15, 0.2) is 66.9 Å². The molecule has 0 radical (unpaired) electrons. The van der Waals surface area contributed by atoms with Crippen molar-refractivity contribution < 1.29 is 14.3 Å². The van der Waals surface area contributed by atoms with Crippen molar-refractivity contribution in [1.29, 1.82) is 0 Å². The summed E-state index contributed by atoms with van der Waals surface area (Å²) >= 11 is 0. The standard InChI is InChI=1S/C22H21N3O3/c1-25(15-16-5-3-2-4-6-16)22(26)17-7-10-21(23-14-17)24-18-8-9-19-20(13-18)28-12-11-27-19/h2-10,13-14H,11-12,15H2,1H3,(H,23,24). The monoisotopic (exact) mass is 375 g/mol. The first kappa shape index (κ1) is 17.9. The number of nitrogens with zero attached hydrogens (tertiary/aromatic N) is 2. The maximum atomic E-state index is 12.6. The summed E-state index contributed by atoms with van der Waals surface area (Å²) in [4.78, 5) is 18.7. The molecule has 0 unspecified atom stereocenters. The van der Waals surface area contributed by atoms with E-state index in [2.05, 4.69) is 10.3 Å². The predicted molar refractivity (Wildman–Crippen MR) is 107 cm³/mol. The number of hydrogen-bond donors (Lipinski definition) is 1. The van der Waals surface area contributed by atoms with Gasteiger partial charge in [-0.25, -0.2) is 4.98 Å². The lowest BCUT2D eigenvalue weighted by atomic mass is 10.2. The summed E-state index contributed by atoms with van der Waals surface area (Å²) in [7, 11) is 1.79. The fourth-order valence-corrected chi connectivity index (χ4v) is 3.01. The van der Waals surface area contributed by atoms with Gasteiger partial charge in [-0.1, -0.05) is 30.3 Å². The smallest absolute Gasteiger partial charge is 0.255 e. The van der Waals surface area contributed by atoms with Crippen molar-refractivity contribution in [2.24, 2.45) is 0 Å². The maximum Gasteiger partial charge on any atom is 0.255 e. The molecule has 0 atom stereocenters. The molecule has 142 valence electrons. The molecule has 4 rings (SSSR count). The molecule has 0 bridgehead atoms. The second-order valence-corrected chi connectivity index (χ2v) is 6.56. The lowest BCUT2D eigenvalue weighted by molar-refractivity contribution is 0.0784. The van der Waals surface area contributed by atoms with Gasteiger partial charge in [0.2, 0.25) is 0 Å². The van der Waals surface area contributed by atoms with Crippen LogP contribution in [0, 0.1) is 0 Å². The van der Waals surface area contributed by atoms with Gasteiger partial charge in [-0.05, 0) is 29.8 Å². The van der Waals surface area contributed by atoms with Gasteiger partial charge >= 0.3 is 0 Å². The Morgan fingerprint density at radius 3 is 2.57 bits per heavy atom. The summed E-state index contributed by atoms with van der Waals surface area (Å²) in [5.74, 6) is 2.04. The van der Waals surface area contributed by atoms with Crippen LogP contribution in [0.25, 0.3) is 0 Å². The first-order valence-electron chi connectivity index (χ1n) is 9.11. The molecule has 3 aromatic rings. The van der Waals surface area contributed by atoms with Crippen molar-refractivity contribution in [2.45, 2.75) is 6.54 Å². The molecule has 28 heavy (non-hydrogen) atoms. The van der Waals surface area contributed by atoms with Gasteiger partial charge in [0.05, 0.1) is 5.56 Å². The van der Waals surface area contributed by atoms with E-state index in [1.807, 2.05) is 48.5 Å². The highest BCUT2D eigenvalue weighted by Gasteiger charge is 2.14. The minimum Gasteiger partial charge on any atom is -0.486 e. The summed E-state index contributed by atoms with van der Waals surface area (Å²) in [5.41, 5.74) is 2.48. The van der Waals surface area contributed by atoms with E-state index in [4.69, 9.17) is 9.47 Å². The molecule has 0 aliphatic carbocycles. The molecular formula is C22H21N3O3. The molecule has 2 aromatic carbocycles. The summed E-state index contributed by atoms with van der Waals surface area (Å²) in [5, 5.41) is 3.22. The number of pyridine rings is 1. The second-order valence-electron chi connectivity index (χ2n) is 6.56. The number of hydrogen-bond acceptors (Lipinski definition) is 5. The largest absolute Gasteiger partial charge is 0.486 e. The van der Waals surface area contributed by atoms with Crippen LogP contribution in [0.3, 0.4) is 0 Å². The molecule has 6 heteroatoms. The number of aromatic nitrogens is 1. The zero-order chi connectivity index (χ0) is 19.3. The number of benzene rings is 2. The minimum atomic E-state index is -0.0674. The molecule has 0 fully saturated rings. The Labute approximate surface area is 163 Å². The summed E-state index contributed by atoms with van der Waals surface area (Å²) < 4.78 is 11.1. The molecule has 0 spiro atoms. The Kier molecular flexibility index (Phi) is 5.10. The van der Waals surface area contributed by atoms with Gasteiger partial charge in [-0.2, -0.15) is 0 Å². The number of amides is 1. The van der Waals surface area contributed by atoms with Crippen molar-refractivity contribution in [1.82, 2.24) is 9.88 Å². The van der Waals surface area contributed by atoms with Crippen molar-refractivity contribution in [3.63, 3.8) is 0 Å². The fraction of sp³-hybridized carbons (Fsp3) is 0.182. The van der Waals surface area contributed by atoms with Gasteiger partial charge in [0, 0.05) is 31.5 Å². The van der Waals surface area contributed by atoms with Gasteiger partial charge in [-0.15, -0.1) is 0 Å². The Morgan fingerprint density at radius 1 is 1.04 bits per heavy atom. The van der Waals surface area contributed by atoms with Gasteiger partial charge in [0.1, 0.15) is 19.0 Å². The maximum absolute atomic E-state index is 12.6. The highest BCUT2D eigenvalue weighted by Crippen LogP contribution is 2.33. The summed E-state index contributed by atoms with van der Waals surface area (Å²) in [6.45, 7) is 1.66. The predicted octanol–water partition coefficient (Wildman–Crippen LogP) is 3.87. The SMILES string of the molecule is CN(Cc1ccccc1)C(=O)c1ccc(Nc2ccc3c(c2)OCCO3)nc1. The van der Waals surface area contributed by atoms with Crippen LogP contribution in [0.1, 0.15) is 15.9 Å². The third-order valence-electron chi connectivity index (χ3n) is 4.43. The first-order valence-corrected chi connectivity index (χ1v) is 9.11. The molecule has 6 nitrogen and oxygen atoms in total. The molecule has 1 aliphatic heterocycles. The molecular weight excluding hydrogens is 354 g/mol. The van der Waals surface area contributed by atoms with Crippen molar-refractivity contribution in [2.75, 3.05) is 25.6 Å². The van der Waals surface area contributed by atoms with E-state index in [1.165, 1.54) is 0 Å². The van der Waals surface area contributed by atoms with Crippen LogP contribution in [-0.4, -0.2) is 36.1 Å². The third kappa shape index (κ3) is 4.06. The van der Waals surface area contributed by atoms with Crippen molar-refractivity contribution in [3.8, 4) is 11.5 Å². The van der Waals surface area contributed by atoms with Gasteiger partial charge in [0.25, 0.3) is 5.91 Å². The molecule has 0 saturated heterocycles. The van der Waals surface area contributed by atoms with E-state index >= 15 is 0 Å².